The first kappa shape index (κ1) is 14.6. The number of hydrogen-bond donors (Lipinski definition) is 1. The van der Waals surface area contributed by atoms with Gasteiger partial charge in [0.1, 0.15) is 0 Å². The molecule has 0 radical (unpaired) electrons. The molecule has 19 heavy (non-hydrogen) atoms. The summed E-state index contributed by atoms with van der Waals surface area (Å²) < 4.78 is 37.8. The van der Waals surface area contributed by atoms with E-state index in [1.807, 2.05) is 0 Å². The van der Waals surface area contributed by atoms with E-state index in [0.29, 0.717) is 12.6 Å². The number of nitrogens with one attached hydrogen (secondary N) is 1. The van der Waals surface area contributed by atoms with Crippen LogP contribution in [0.25, 0.3) is 0 Å². The van der Waals surface area contributed by atoms with Gasteiger partial charge in [-0.15, -0.1) is 0 Å². The summed E-state index contributed by atoms with van der Waals surface area (Å²) in [6.07, 6.45) is -4.39. The monoisotopic (exact) mass is 292 g/mol. The second-order valence-electron chi connectivity index (χ2n) is 4.84. The van der Waals surface area contributed by atoms with Crippen LogP contribution in [0.2, 0.25) is 5.02 Å². The van der Waals surface area contributed by atoms with Crippen molar-refractivity contribution in [1.82, 2.24) is 10.2 Å². The van der Waals surface area contributed by atoms with Crippen LogP contribution >= 0.6 is 11.6 Å². The largest absolute Gasteiger partial charge is 0.417 e. The molecule has 1 aromatic carbocycles. The van der Waals surface area contributed by atoms with Gasteiger partial charge in [-0.05, 0) is 24.6 Å². The van der Waals surface area contributed by atoms with Crippen molar-refractivity contribution in [3.05, 3.63) is 34.3 Å². The highest BCUT2D eigenvalue weighted by Gasteiger charge is 2.33. The zero-order valence-corrected chi connectivity index (χ0v) is 11.4. The molecule has 1 N–H and O–H groups in total. The summed E-state index contributed by atoms with van der Waals surface area (Å²) in [5, 5.41) is 3.05. The third kappa shape index (κ3) is 3.61. The van der Waals surface area contributed by atoms with Crippen molar-refractivity contribution >= 4 is 11.6 Å². The molecule has 1 aliphatic heterocycles. The zero-order valence-electron chi connectivity index (χ0n) is 10.6. The van der Waals surface area contributed by atoms with Crippen LogP contribution in [0, 0.1) is 0 Å². The van der Waals surface area contributed by atoms with Crippen molar-refractivity contribution in [3.8, 4) is 0 Å². The summed E-state index contributed by atoms with van der Waals surface area (Å²) >= 11 is 5.72. The summed E-state index contributed by atoms with van der Waals surface area (Å²) in [6.45, 7) is 5.41. The standard InChI is InChI=1S/C13H16ClF3N2/c1-9-7-18-4-5-19(9)8-10-2-3-11(12(14)6-10)13(15,16)17/h2-3,6,9,18H,4-5,7-8H2,1H3. The Morgan fingerprint density at radius 1 is 1.42 bits per heavy atom. The lowest BCUT2D eigenvalue weighted by Gasteiger charge is -2.34. The van der Waals surface area contributed by atoms with Gasteiger partial charge in [-0.1, -0.05) is 17.7 Å². The van der Waals surface area contributed by atoms with Gasteiger partial charge >= 0.3 is 6.18 Å². The normalized spacial score (nSPS) is 21.6. The quantitative estimate of drug-likeness (QED) is 0.901. The molecule has 1 saturated heterocycles. The van der Waals surface area contributed by atoms with Crippen molar-refractivity contribution in [2.75, 3.05) is 19.6 Å². The highest BCUT2D eigenvalue weighted by Crippen LogP contribution is 2.35. The molecule has 6 heteroatoms. The van der Waals surface area contributed by atoms with Crippen LogP contribution in [0.5, 0.6) is 0 Å². The molecule has 0 bridgehead atoms. The van der Waals surface area contributed by atoms with Crippen LogP contribution in [-0.2, 0) is 12.7 Å². The Kier molecular flexibility index (Phi) is 4.38. The first-order valence-electron chi connectivity index (χ1n) is 6.18. The smallest absolute Gasteiger partial charge is 0.314 e. The van der Waals surface area contributed by atoms with Gasteiger partial charge in [0.05, 0.1) is 10.6 Å². The van der Waals surface area contributed by atoms with E-state index in [1.54, 1.807) is 0 Å². The molecule has 1 aromatic rings. The van der Waals surface area contributed by atoms with E-state index < -0.39 is 11.7 Å². The van der Waals surface area contributed by atoms with E-state index in [4.69, 9.17) is 11.6 Å². The fourth-order valence-corrected chi connectivity index (χ4v) is 2.55. The Labute approximate surface area is 115 Å². The summed E-state index contributed by atoms with van der Waals surface area (Å²) in [6, 6.07) is 4.35. The minimum Gasteiger partial charge on any atom is -0.314 e. The lowest BCUT2D eigenvalue weighted by Crippen LogP contribution is -2.49. The van der Waals surface area contributed by atoms with E-state index in [2.05, 4.69) is 17.1 Å². The Morgan fingerprint density at radius 3 is 2.74 bits per heavy atom. The Hall–Kier alpha value is -0.780. The molecule has 106 valence electrons. The minimum absolute atomic E-state index is 0.229. The topological polar surface area (TPSA) is 15.3 Å². The first-order chi connectivity index (χ1) is 8.88. The summed E-state index contributed by atoms with van der Waals surface area (Å²) in [7, 11) is 0. The van der Waals surface area contributed by atoms with Crippen molar-refractivity contribution in [2.24, 2.45) is 0 Å². The molecule has 0 aliphatic carbocycles. The number of nitrogens with zero attached hydrogens (tertiary/aromatic N) is 1. The Morgan fingerprint density at radius 2 is 2.16 bits per heavy atom. The number of rotatable bonds is 2. The fraction of sp³-hybridized carbons (Fsp3) is 0.538. The molecule has 1 unspecified atom stereocenters. The zero-order chi connectivity index (χ0) is 14.0. The van der Waals surface area contributed by atoms with Crippen molar-refractivity contribution in [1.29, 1.82) is 0 Å². The maximum Gasteiger partial charge on any atom is 0.417 e. The number of piperazine rings is 1. The average Bonchev–Trinajstić information content (AvgIpc) is 2.30. The van der Waals surface area contributed by atoms with Gasteiger partial charge < -0.3 is 5.32 Å². The van der Waals surface area contributed by atoms with E-state index >= 15 is 0 Å². The molecule has 2 rings (SSSR count). The van der Waals surface area contributed by atoms with Gasteiger partial charge in [0.15, 0.2) is 0 Å². The number of halogens is 4. The van der Waals surface area contributed by atoms with E-state index in [0.717, 1.165) is 31.3 Å². The molecule has 1 heterocycles. The predicted octanol–water partition coefficient (Wildman–Crippen LogP) is 3.15. The maximum atomic E-state index is 12.6. The lowest BCUT2D eigenvalue weighted by atomic mass is 10.1. The van der Waals surface area contributed by atoms with Gasteiger partial charge in [0.2, 0.25) is 0 Å². The maximum absolute atomic E-state index is 12.6. The van der Waals surface area contributed by atoms with Crippen LogP contribution in [0.15, 0.2) is 18.2 Å². The fourth-order valence-electron chi connectivity index (χ4n) is 2.24. The second kappa shape index (κ2) is 5.69. The van der Waals surface area contributed by atoms with Gasteiger partial charge in [-0.3, -0.25) is 4.90 Å². The van der Waals surface area contributed by atoms with Gasteiger partial charge in [-0.25, -0.2) is 0 Å². The van der Waals surface area contributed by atoms with E-state index in [1.165, 1.54) is 12.1 Å². The second-order valence-corrected chi connectivity index (χ2v) is 5.24. The van der Waals surface area contributed by atoms with Crippen molar-refractivity contribution in [3.63, 3.8) is 0 Å². The number of benzene rings is 1. The predicted molar refractivity (Wildman–Crippen MR) is 69.2 cm³/mol. The average molecular weight is 293 g/mol. The Bertz CT molecular complexity index is 448. The van der Waals surface area contributed by atoms with Crippen LogP contribution in [0.1, 0.15) is 18.1 Å². The molecule has 2 nitrogen and oxygen atoms in total. The van der Waals surface area contributed by atoms with Gasteiger partial charge in [-0.2, -0.15) is 13.2 Å². The molecule has 1 aliphatic rings. The van der Waals surface area contributed by atoms with Crippen LogP contribution in [-0.4, -0.2) is 30.6 Å². The highest BCUT2D eigenvalue weighted by molar-refractivity contribution is 6.31. The SMILES string of the molecule is CC1CNCCN1Cc1ccc(C(F)(F)F)c(Cl)c1. The lowest BCUT2D eigenvalue weighted by molar-refractivity contribution is -0.137. The van der Waals surface area contributed by atoms with Crippen molar-refractivity contribution < 1.29 is 13.2 Å². The summed E-state index contributed by atoms with van der Waals surface area (Å²) in [4.78, 5) is 2.23. The number of alkyl halides is 3. The highest BCUT2D eigenvalue weighted by atomic mass is 35.5. The molecule has 0 aromatic heterocycles. The van der Waals surface area contributed by atoms with E-state index in [-0.39, 0.29) is 5.02 Å². The van der Waals surface area contributed by atoms with Crippen LogP contribution < -0.4 is 5.32 Å². The minimum atomic E-state index is -4.39. The number of hydrogen-bond acceptors (Lipinski definition) is 2. The molecule has 0 spiro atoms. The molecular formula is C13H16ClF3N2. The molecular weight excluding hydrogens is 277 g/mol. The molecule has 0 amide bonds. The van der Waals surface area contributed by atoms with Crippen molar-refractivity contribution in [2.45, 2.75) is 25.7 Å². The third-order valence-corrected chi connectivity index (χ3v) is 3.68. The molecule has 1 atom stereocenters. The third-order valence-electron chi connectivity index (χ3n) is 3.36. The summed E-state index contributed by atoms with van der Waals surface area (Å²) in [5.41, 5.74) is 0.0398. The summed E-state index contributed by atoms with van der Waals surface area (Å²) in [5.74, 6) is 0. The Balaban J connectivity index is 2.12. The van der Waals surface area contributed by atoms with Gasteiger partial charge in [0, 0.05) is 32.2 Å². The van der Waals surface area contributed by atoms with E-state index in [9.17, 15) is 13.2 Å². The molecule has 1 fully saturated rings. The first-order valence-corrected chi connectivity index (χ1v) is 6.56. The van der Waals surface area contributed by atoms with Gasteiger partial charge in [0.25, 0.3) is 0 Å². The molecule has 0 saturated carbocycles. The van der Waals surface area contributed by atoms with Crippen LogP contribution in [0.4, 0.5) is 13.2 Å². The van der Waals surface area contributed by atoms with Crippen LogP contribution in [0.3, 0.4) is 0 Å².